The molecule has 2 N–H and O–H groups in total. The molecule has 1 fully saturated rings. The fourth-order valence-electron chi connectivity index (χ4n) is 3.82. The van der Waals surface area contributed by atoms with E-state index < -0.39 is 14.6 Å². The molecule has 136 valence electrons. The smallest absolute Gasteiger partial charge is 0.155 e. The SMILES string of the molecule is CCC1(CC)CCC(CC2=N/C(Br)=C(/N)C=CCC2)CCS1(=O)=O. The Hall–Kier alpha value is -0.620. The number of hydrogen-bond acceptors (Lipinski definition) is 4. The molecular weight excluding hydrogens is 388 g/mol. The van der Waals surface area contributed by atoms with Crippen LogP contribution in [0.4, 0.5) is 0 Å². The molecule has 2 rings (SSSR count). The highest BCUT2D eigenvalue weighted by molar-refractivity contribution is 9.11. The largest absolute Gasteiger partial charge is 0.397 e. The molecule has 0 aromatic carbocycles. The van der Waals surface area contributed by atoms with Gasteiger partial charge in [-0.05, 0) is 79.3 Å². The Morgan fingerprint density at radius 2 is 2.04 bits per heavy atom. The van der Waals surface area contributed by atoms with Crippen LogP contribution in [0.3, 0.4) is 0 Å². The Kier molecular flexibility index (Phi) is 6.71. The lowest BCUT2D eigenvalue weighted by molar-refractivity contribution is 0.407. The van der Waals surface area contributed by atoms with Crippen LogP contribution in [0, 0.1) is 5.92 Å². The fourth-order valence-corrected chi connectivity index (χ4v) is 6.59. The molecule has 1 atom stereocenters. The molecule has 2 aliphatic heterocycles. The minimum atomic E-state index is -3.02. The van der Waals surface area contributed by atoms with Crippen molar-refractivity contribution in [3.63, 3.8) is 0 Å². The highest BCUT2D eigenvalue weighted by Crippen LogP contribution is 2.38. The predicted octanol–water partition coefficient (Wildman–Crippen LogP) is 4.46. The molecule has 0 aromatic heterocycles. The number of allylic oxidation sites excluding steroid dienone is 2. The number of sulfone groups is 1. The third kappa shape index (κ3) is 4.31. The molecule has 6 heteroatoms. The van der Waals surface area contributed by atoms with Gasteiger partial charge in [-0.3, -0.25) is 0 Å². The third-order valence-corrected chi connectivity index (χ3v) is 9.18. The number of rotatable bonds is 4. The average Bonchev–Trinajstić information content (AvgIpc) is 2.67. The molecule has 2 aliphatic rings. The van der Waals surface area contributed by atoms with Crippen LogP contribution in [-0.4, -0.2) is 24.6 Å². The Bertz CT molecular complexity index is 646. The summed E-state index contributed by atoms with van der Waals surface area (Å²) >= 11 is 3.44. The number of aliphatic imine (C=N–C) groups is 1. The molecule has 24 heavy (non-hydrogen) atoms. The Labute approximate surface area is 154 Å². The van der Waals surface area contributed by atoms with Gasteiger partial charge in [-0.1, -0.05) is 19.9 Å². The van der Waals surface area contributed by atoms with Crippen LogP contribution in [0.15, 0.2) is 27.4 Å². The van der Waals surface area contributed by atoms with Gasteiger partial charge in [-0.25, -0.2) is 13.4 Å². The van der Waals surface area contributed by atoms with E-state index in [1.165, 1.54) is 0 Å². The van der Waals surface area contributed by atoms with Crippen molar-refractivity contribution in [1.29, 1.82) is 0 Å². The standard InChI is InChI=1S/C18H29BrN2O2S/c1-3-18(4-2)11-9-14(10-12-24(18,22)23)13-15-7-5-6-8-16(20)17(19)21-15/h6,8,14H,3-5,7,9-13,20H2,1-2H3/b8-6?,17-16+,21-15?. The summed E-state index contributed by atoms with van der Waals surface area (Å²) in [6.07, 6.45) is 10.6. The van der Waals surface area contributed by atoms with Crippen molar-refractivity contribution in [2.45, 2.75) is 70.0 Å². The van der Waals surface area contributed by atoms with Crippen molar-refractivity contribution in [2.24, 2.45) is 16.6 Å². The zero-order chi connectivity index (χ0) is 17.8. The van der Waals surface area contributed by atoms with Gasteiger partial charge in [0.2, 0.25) is 0 Å². The first-order valence-corrected chi connectivity index (χ1v) is 11.4. The summed E-state index contributed by atoms with van der Waals surface area (Å²) in [4.78, 5) is 4.64. The zero-order valence-corrected chi connectivity index (χ0v) is 17.1. The second kappa shape index (κ2) is 8.17. The molecule has 0 saturated carbocycles. The van der Waals surface area contributed by atoms with Gasteiger partial charge in [0.1, 0.15) is 4.61 Å². The van der Waals surface area contributed by atoms with E-state index in [1.54, 1.807) is 0 Å². The predicted molar refractivity (Wildman–Crippen MR) is 105 cm³/mol. The third-order valence-electron chi connectivity index (χ3n) is 5.67. The second-order valence-corrected chi connectivity index (χ2v) is 10.2. The van der Waals surface area contributed by atoms with Crippen LogP contribution in [0.1, 0.15) is 65.2 Å². The van der Waals surface area contributed by atoms with Gasteiger partial charge in [-0.2, -0.15) is 0 Å². The first kappa shape index (κ1) is 19.7. The molecule has 0 amide bonds. The highest BCUT2D eigenvalue weighted by Gasteiger charge is 2.42. The maximum absolute atomic E-state index is 12.7. The fraction of sp³-hybridized carbons (Fsp3) is 0.722. The van der Waals surface area contributed by atoms with Gasteiger partial charge in [0.05, 0.1) is 16.2 Å². The summed E-state index contributed by atoms with van der Waals surface area (Å²) in [6, 6.07) is 0. The Morgan fingerprint density at radius 3 is 2.71 bits per heavy atom. The van der Waals surface area contributed by atoms with E-state index in [9.17, 15) is 8.42 Å². The van der Waals surface area contributed by atoms with Gasteiger partial charge < -0.3 is 5.73 Å². The lowest BCUT2D eigenvalue weighted by Crippen LogP contribution is -2.37. The van der Waals surface area contributed by atoms with E-state index in [0.717, 1.165) is 57.1 Å². The van der Waals surface area contributed by atoms with Crippen LogP contribution in [0.25, 0.3) is 0 Å². The monoisotopic (exact) mass is 416 g/mol. The summed E-state index contributed by atoms with van der Waals surface area (Å²) in [6.45, 7) is 4.02. The lowest BCUT2D eigenvalue weighted by Gasteiger charge is -2.29. The van der Waals surface area contributed by atoms with Gasteiger partial charge >= 0.3 is 0 Å². The normalized spacial score (nSPS) is 30.1. The van der Waals surface area contributed by atoms with Crippen LogP contribution in [0.5, 0.6) is 0 Å². The first-order valence-electron chi connectivity index (χ1n) is 8.94. The van der Waals surface area contributed by atoms with E-state index in [0.29, 0.717) is 22.0 Å². The molecule has 4 nitrogen and oxygen atoms in total. The minimum Gasteiger partial charge on any atom is -0.397 e. The summed E-state index contributed by atoms with van der Waals surface area (Å²) < 4.78 is 25.7. The van der Waals surface area contributed by atoms with Crippen molar-refractivity contribution in [2.75, 3.05) is 5.75 Å². The van der Waals surface area contributed by atoms with Crippen LogP contribution in [-0.2, 0) is 9.84 Å². The van der Waals surface area contributed by atoms with Crippen molar-refractivity contribution < 1.29 is 8.42 Å². The lowest BCUT2D eigenvalue weighted by atomic mass is 9.87. The second-order valence-electron chi connectivity index (χ2n) is 6.97. The highest BCUT2D eigenvalue weighted by atomic mass is 79.9. The van der Waals surface area contributed by atoms with E-state index in [2.05, 4.69) is 27.0 Å². The van der Waals surface area contributed by atoms with Gasteiger partial charge in [0, 0.05) is 5.71 Å². The molecule has 2 heterocycles. The summed E-state index contributed by atoms with van der Waals surface area (Å²) in [5.74, 6) is 0.703. The minimum absolute atomic E-state index is 0.311. The summed E-state index contributed by atoms with van der Waals surface area (Å²) in [7, 11) is -3.02. The Balaban J connectivity index is 2.14. The number of nitrogens with two attached hydrogens (primary N) is 1. The number of nitrogens with zero attached hydrogens (tertiary/aromatic N) is 1. The van der Waals surface area contributed by atoms with E-state index in [1.807, 2.05) is 19.9 Å². The topological polar surface area (TPSA) is 72.5 Å². The van der Waals surface area contributed by atoms with Crippen molar-refractivity contribution in [1.82, 2.24) is 0 Å². The quantitative estimate of drug-likeness (QED) is 0.687. The van der Waals surface area contributed by atoms with Gasteiger partial charge in [0.25, 0.3) is 0 Å². The van der Waals surface area contributed by atoms with Gasteiger partial charge in [-0.15, -0.1) is 0 Å². The maximum atomic E-state index is 12.7. The molecule has 0 aliphatic carbocycles. The zero-order valence-electron chi connectivity index (χ0n) is 14.7. The number of halogens is 1. The van der Waals surface area contributed by atoms with Crippen LogP contribution >= 0.6 is 15.9 Å². The average molecular weight is 417 g/mol. The maximum Gasteiger partial charge on any atom is 0.155 e. The van der Waals surface area contributed by atoms with E-state index in [4.69, 9.17) is 5.73 Å². The molecule has 0 spiro atoms. The van der Waals surface area contributed by atoms with Crippen LogP contribution < -0.4 is 5.73 Å². The van der Waals surface area contributed by atoms with Crippen molar-refractivity contribution >= 4 is 31.5 Å². The Morgan fingerprint density at radius 1 is 1.33 bits per heavy atom. The molecule has 0 radical (unpaired) electrons. The molecule has 0 aromatic rings. The van der Waals surface area contributed by atoms with E-state index >= 15 is 0 Å². The molecule has 1 saturated heterocycles. The van der Waals surface area contributed by atoms with Gasteiger partial charge in [0.15, 0.2) is 9.84 Å². The molecule has 0 bridgehead atoms. The summed E-state index contributed by atoms with van der Waals surface area (Å²) in [5, 5.41) is 0. The van der Waals surface area contributed by atoms with Crippen molar-refractivity contribution in [3.8, 4) is 0 Å². The summed E-state index contributed by atoms with van der Waals surface area (Å²) in [5.41, 5.74) is 7.70. The molecule has 1 unspecified atom stereocenters. The van der Waals surface area contributed by atoms with Crippen LogP contribution in [0.2, 0.25) is 0 Å². The molecular formula is C18H29BrN2O2S. The number of hydrogen-bond donors (Lipinski definition) is 1. The van der Waals surface area contributed by atoms with Crippen molar-refractivity contribution in [3.05, 3.63) is 22.5 Å². The van der Waals surface area contributed by atoms with E-state index in [-0.39, 0.29) is 0 Å². The first-order chi connectivity index (χ1) is 11.3.